The molecule has 1 aliphatic heterocycles. The minimum Gasteiger partial charge on any atom is -0.430 e. The van der Waals surface area contributed by atoms with Crippen molar-refractivity contribution in [3.63, 3.8) is 0 Å². The van der Waals surface area contributed by atoms with Crippen molar-refractivity contribution >= 4 is 12.1 Å². The Balaban J connectivity index is 2.75. The second-order valence-electron chi connectivity index (χ2n) is 3.21. The number of halogens is 3. The third-order valence-corrected chi connectivity index (χ3v) is 1.78. The van der Waals surface area contributed by atoms with Crippen LogP contribution >= 0.6 is 0 Å². The molecule has 1 atom stereocenters. The van der Waals surface area contributed by atoms with E-state index in [1.165, 1.54) is 5.94 Å². The lowest BCUT2D eigenvalue weighted by Crippen LogP contribution is -2.45. The zero-order chi connectivity index (χ0) is 12.4. The first-order chi connectivity index (χ1) is 7.27. The van der Waals surface area contributed by atoms with Gasteiger partial charge >= 0.3 is 12.3 Å². The molecule has 0 amide bonds. The third kappa shape index (κ3) is 2.98. The number of carbonyl (C=O) groups excluding carboxylic acids is 2. The lowest BCUT2D eigenvalue weighted by molar-refractivity contribution is -0.212. The highest BCUT2D eigenvalue weighted by atomic mass is 19.4. The molecule has 0 saturated carbocycles. The molecule has 90 valence electrons. The van der Waals surface area contributed by atoms with Gasteiger partial charge in [-0.1, -0.05) is 0 Å². The van der Waals surface area contributed by atoms with E-state index in [0.717, 1.165) is 6.92 Å². The summed E-state index contributed by atoms with van der Waals surface area (Å²) in [6, 6.07) is 0. The number of rotatable bonds is 2. The summed E-state index contributed by atoms with van der Waals surface area (Å²) in [6.07, 6.45) is -5.73. The van der Waals surface area contributed by atoms with Gasteiger partial charge in [-0.3, -0.25) is 0 Å². The van der Waals surface area contributed by atoms with Crippen LogP contribution in [0, 0.1) is 0 Å². The molecule has 0 aromatic carbocycles. The second-order valence-corrected chi connectivity index (χ2v) is 3.21. The molecule has 1 aliphatic rings. The average Bonchev–Trinajstić information content (AvgIpc) is 2.18. The van der Waals surface area contributed by atoms with E-state index in [4.69, 9.17) is 0 Å². The van der Waals surface area contributed by atoms with Crippen molar-refractivity contribution in [2.45, 2.75) is 18.7 Å². The Kier molecular flexibility index (Phi) is 3.25. The molecular weight excluding hydrogens is 233 g/mol. The number of hydrogen-bond donors (Lipinski definition) is 0. The molecule has 0 N–H and O–H groups in total. The fraction of sp³-hybridized carbons (Fsp3) is 0.625. The Hall–Kier alpha value is -1.53. The molecule has 1 rings (SSSR count). The monoisotopic (exact) mass is 240 g/mol. The van der Waals surface area contributed by atoms with Crippen molar-refractivity contribution in [2.75, 3.05) is 13.2 Å². The lowest BCUT2D eigenvalue weighted by atomic mass is 10.1. The molecule has 0 aromatic rings. The normalized spacial score (nSPS) is 25.8. The van der Waals surface area contributed by atoms with Gasteiger partial charge in [0.15, 0.2) is 11.5 Å². The van der Waals surface area contributed by atoms with Crippen LogP contribution in [0.25, 0.3) is 0 Å². The van der Waals surface area contributed by atoms with Crippen LogP contribution in [0.4, 0.5) is 18.0 Å². The van der Waals surface area contributed by atoms with Gasteiger partial charge < -0.3 is 14.2 Å². The van der Waals surface area contributed by atoms with Gasteiger partial charge in [-0.25, -0.2) is 9.59 Å². The lowest BCUT2D eigenvalue weighted by Gasteiger charge is -2.32. The first kappa shape index (κ1) is 12.5. The summed E-state index contributed by atoms with van der Waals surface area (Å²) in [6.45, 7) is -0.993. The minimum atomic E-state index is -4.56. The Bertz CT molecular complexity index is 344. The van der Waals surface area contributed by atoms with E-state index < -0.39 is 36.9 Å². The van der Waals surface area contributed by atoms with E-state index in [9.17, 15) is 22.8 Å². The molecule has 5 nitrogen and oxygen atoms in total. The summed E-state index contributed by atoms with van der Waals surface area (Å²) in [7, 11) is 0. The van der Waals surface area contributed by atoms with E-state index in [0.29, 0.717) is 0 Å². The highest BCUT2D eigenvalue weighted by molar-refractivity contribution is 5.68. The molecule has 1 unspecified atom stereocenters. The fourth-order valence-electron chi connectivity index (χ4n) is 0.960. The highest BCUT2D eigenvalue weighted by Crippen LogP contribution is 2.28. The van der Waals surface area contributed by atoms with E-state index in [2.05, 4.69) is 14.2 Å². The molecule has 0 aromatic heterocycles. The van der Waals surface area contributed by atoms with Gasteiger partial charge in [0.05, 0.1) is 0 Å². The Labute approximate surface area is 87.8 Å². The van der Waals surface area contributed by atoms with Crippen LogP contribution in [0.5, 0.6) is 0 Å². The van der Waals surface area contributed by atoms with Crippen molar-refractivity contribution in [1.29, 1.82) is 0 Å². The third-order valence-electron chi connectivity index (χ3n) is 1.78. The summed E-state index contributed by atoms with van der Waals surface area (Å²) in [5.74, 6) is 0.553. The topological polar surface area (TPSA) is 61.8 Å². The molecule has 0 aliphatic carbocycles. The number of cyclic esters (lactones) is 2. The van der Waals surface area contributed by atoms with E-state index >= 15 is 0 Å². The van der Waals surface area contributed by atoms with E-state index in [1.54, 1.807) is 0 Å². The maximum atomic E-state index is 11.9. The smallest absolute Gasteiger partial charge is 0.430 e. The van der Waals surface area contributed by atoms with Crippen LogP contribution < -0.4 is 0 Å². The van der Waals surface area contributed by atoms with Crippen LogP contribution in [0.15, 0.2) is 5.76 Å². The number of carbonyl (C=O) groups is 1. The maximum Gasteiger partial charge on any atom is 0.514 e. The van der Waals surface area contributed by atoms with E-state index in [-0.39, 0.29) is 0 Å². The standard InChI is InChI=1S/C8H7F3O5/c1-7(15-4-8(9,10)11)3-14-6(13)16-5(7)2-12/h3-4H2,1H3. The fourth-order valence-corrected chi connectivity index (χ4v) is 0.960. The van der Waals surface area contributed by atoms with Crippen molar-refractivity contribution < 1.29 is 37.0 Å². The SMILES string of the molecule is CC1(OCC(F)(F)F)COC(=O)OC1=C=O. The van der Waals surface area contributed by atoms with E-state index in [1.807, 2.05) is 0 Å². The van der Waals surface area contributed by atoms with Gasteiger partial charge in [0.2, 0.25) is 5.76 Å². The molecule has 0 spiro atoms. The Morgan fingerprint density at radius 2 is 2.19 bits per heavy atom. The molecule has 1 saturated heterocycles. The van der Waals surface area contributed by atoms with Gasteiger partial charge in [-0.15, -0.1) is 0 Å². The van der Waals surface area contributed by atoms with Crippen LogP contribution in [0.3, 0.4) is 0 Å². The summed E-state index contributed by atoms with van der Waals surface area (Å²) in [4.78, 5) is 21.0. The minimum absolute atomic E-state index is 0.535. The van der Waals surface area contributed by atoms with Crippen LogP contribution in [0.1, 0.15) is 6.92 Å². The number of ether oxygens (including phenoxy) is 3. The van der Waals surface area contributed by atoms with Crippen LogP contribution in [-0.4, -0.2) is 37.1 Å². The molecule has 0 bridgehead atoms. The molecule has 8 heteroatoms. The Morgan fingerprint density at radius 3 is 2.69 bits per heavy atom. The second kappa shape index (κ2) is 4.15. The summed E-state index contributed by atoms with van der Waals surface area (Å²) in [5, 5.41) is 0. The molecule has 0 radical (unpaired) electrons. The van der Waals surface area contributed by atoms with Crippen molar-refractivity contribution in [1.82, 2.24) is 0 Å². The largest absolute Gasteiger partial charge is 0.514 e. The highest BCUT2D eigenvalue weighted by Gasteiger charge is 2.44. The molecule has 1 fully saturated rings. The van der Waals surface area contributed by atoms with Gasteiger partial charge in [-0.2, -0.15) is 13.2 Å². The number of alkyl halides is 3. The zero-order valence-electron chi connectivity index (χ0n) is 8.09. The van der Waals surface area contributed by atoms with Crippen LogP contribution in [-0.2, 0) is 19.0 Å². The number of hydrogen-bond acceptors (Lipinski definition) is 5. The summed E-state index contributed by atoms with van der Waals surface area (Å²) >= 11 is 0. The predicted octanol–water partition coefficient (Wildman–Crippen LogP) is 1.21. The average molecular weight is 240 g/mol. The van der Waals surface area contributed by atoms with Gasteiger partial charge in [-0.05, 0) is 6.92 Å². The Morgan fingerprint density at radius 1 is 1.56 bits per heavy atom. The molecule has 1 heterocycles. The zero-order valence-corrected chi connectivity index (χ0v) is 8.09. The maximum absolute atomic E-state index is 11.9. The summed E-state index contributed by atoms with van der Waals surface area (Å²) < 4.78 is 48.8. The van der Waals surface area contributed by atoms with Crippen LogP contribution in [0.2, 0.25) is 0 Å². The summed E-state index contributed by atoms with van der Waals surface area (Å²) in [5.41, 5.74) is -1.76. The quantitative estimate of drug-likeness (QED) is 0.536. The first-order valence-electron chi connectivity index (χ1n) is 4.08. The molecule has 16 heavy (non-hydrogen) atoms. The van der Waals surface area contributed by atoms with Crippen molar-refractivity contribution in [3.05, 3.63) is 5.76 Å². The van der Waals surface area contributed by atoms with Gasteiger partial charge in [0, 0.05) is 0 Å². The van der Waals surface area contributed by atoms with Crippen molar-refractivity contribution in [2.24, 2.45) is 0 Å². The van der Waals surface area contributed by atoms with Crippen molar-refractivity contribution in [3.8, 4) is 0 Å². The molecular formula is C8H7F3O5. The van der Waals surface area contributed by atoms with Gasteiger partial charge in [0.1, 0.15) is 13.2 Å². The predicted molar refractivity (Wildman–Crippen MR) is 42.1 cm³/mol. The van der Waals surface area contributed by atoms with Gasteiger partial charge in [0.25, 0.3) is 0 Å². The first-order valence-corrected chi connectivity index (χ1v) is 4.08.